The Balaban J connectivity index is 1.64. The fourth-order valence-electron chi connectivity index (χ4n) is 2.23. The Hall–Kier alpha value is -1.50. The van der Waals surface area contributed by atoms with Crippen LogP contribution in [-0.4, -0.2) is 35.9 Å². The van der Waals surface area contributed by atoms with Gasteiger partial charge in [-0.05, 0) is 17.7 Å². The lowest BCUT2D eigenvalue weighted by atomic mass is 10.1. The van der Waals surface area contributed by atoms with E-state index in [1.54, 1.807) is 6.07 Å². The van der Waals surface area contributed by atoms with E-state index in [1.807, 2.05) is 0 Å². The zero-order valence-electron chi connectivity index (χ0n) is 11.3. The molecule has 0 bridgehead atoms. The van der Waals surface area contributed by atoms with E-state index >= 15 is 0 Å². The zero-order valence-corrected chi connectivity index (χ0v) is 12.1. The molecular formula is C14H15ClFN3O2. The summed E-state index contributed by atoms with van der Waals surface area (Å²) in [5.74, 6) is 0.707. The summed E-state index contributed by atoms with van der Waals surface area (Å²) in [7, 11) is 0. The Bertz CT molecular complexity index is 614. The van der Waals surface area contributed by atoms with Crippen LogP contribution in [0.3, 0.4) is 0 Å². The van der Waals surface area contributed by atoms with Gasteiger partial charge >= 0.3 is 0 Å². The largest absolute Gasteiger partial charge is 0.375 e. The average molecular weight is 312 g/mol. The van der Waals surface area contributed by atoms with E-state index in [-0.39, 0.29) is 11.9 Å². The van der Waals surface area contributed by atoms with Gasteiger partial charge in [0.25, 0.3) is 0 Å². The van der Waals surface area contributed by atoms with Crippen LogP contribution in [-0.2, 0) is 17.6 Å². The van der Waals surface area contributed by atoms with Crippen molar-refractivity contribution in [2.24, 2.45) is 0 Å². The predicted molar refractivity (Wildman–Crippen MR) is 74.8 cm³/mol. The molecule has 3 rings (SSSR count). The number of benzene rings is 1. The number of aromatic nitrogens is 2. The molecule has 1 aliphatic rings. The first-order valence-electron chi connectivity index (χ1n) is 6.78. The summed E-state index contributed by atoms with van der Waals surface area (Å²) in [4.78, 5) is 4.33. The van der Waals surface area contributed by atoms with Gasteiger partial charge in [0.15, 0.2) is 5.82 Å². The van der Waals surface area contributed by atoms with Crippen molar-refractivity contribution in [1.29, 1.82) is 0 Å². The van der Waals surface area contributed by atoms with Crippen molar-refractivity contribution in [3.8, 4) is 0 Å². The second-order valence-corrected chi connectivity index (χ2v) is 5.33. The number of rotatable bonds is 4. The van der Waals surface area contributed by atoms with Gasteiger partial charge in [0.2, 0.25) is 5.89 Å². The highest BCUT2D eigenvalue weighted by molar-refractivity contribution is 6.31. The van der Waals surface area contributed by atoms with Gasteiger partial charge in [-0.25, -0.2) is 4.39 Å². The fraction of sp³-hybridized carbons (Fsp3) is 0.429. The molecule has 1 N–H and O–H groups in total. The lowest BCUT2D eigenvalue weighted by Crippen LogP contribution is -2.39. The Morgan fingerprint density at radius 1 is 1.43 bits per heavy atom. The third-order valence-electron chi connectivity index (χ3n) is 3.28. The van der Waals surface area contributed by atoms with Crippen molar-refractivity contribution in [2.75, 3.05) is 19.7 Å². The van der Waals surface area contributed by atoms with Crippen LogP contribution in [0.1, 0.15) is 17.3 Å². The molecule has 21 heavy (non-hydrogen) atoms. The van der Waals surface area contributed by atoms with Crippen molar-refractivity contribution in [2.45, 2.75) is 18.9 Å². The molecule has 5 nitrogen and oxygen atoms in total. The molecule has 0 saturated carbocycles. The van der Waals surface area contributed by atoms with Crippen LogP contribution in [0, 0.1) is 5.82 Å². The molecule has 2 aromatic rings. The Labute approximate surface area is 126 Å². The molecule has 1 aliphatic heterocycles. The Kier molecular flexibility index (Phi) is 4.48. The van der Waals surface area contributed by atoms with Crippen LogP contribution in [0.5, 0.6) is 0 Å². The number of ether oxygens (including phenoxy) is 1. The van der Waals surface area contributed by atoms with Gasteiger partial charge in [-0.3, -0.25) is 0 Å². The van der Waals surface area contributed by atoms with Crippen LogP contribution in [0.4, 0.5) is 4.39 Å². The summed E-state index contributed by atoms with van der Waals surface area (Å²) in [6, 6.07) is 4.27. The van der Waals surface area contributed by atoms with E-state index in [0.29, 0.717) is 36.2 Å². The first-order chi connectivity index (χ1) is 10.2. The first-order valence-corrected chi connectivity index (χ1v) is 7.16. The molecule has 0 radical (unpaired) electrons. The van der Waals surface area contributed by atoms with Gasteiger partial charge in [0.1, 0.15) is 5.82 Å². The molecule has 0 spiro atoms. The van der Waals surface area contributed by atoms with Gasteiger partial charge in [0.05, 0.1) is 19.1 Å². The van der Waals surface area contributed by atoms with E-state index < -0.39 is 0 Å². The van der Waals surface area contributed by atoms with Crippen LogP contribution in [0.2, 0.25) is 5.02 Å². The Morgan fingerprint density at radius 3 is 3.10 bits per heavy atom. The average Bonchev–Trinajstić information content (AvgIpc) is 2.90. The molecule has 112 valence electrons. The van der Waals surface area contributed by atoms with E-state index in [1.165, 1.54) is 12.1 Å². The van der Waals surface area contributed by atoms with Crippen LogP contribution in [0.15, 0.2) is 22.7 Å². The number of hydrogen-bond donors (Lipinski definition) is 1. The quantitative estimate of drug-likeness (QED) is 0.935. The normalized spacial score (nSPS) is 18.9. The van der Waals surface area contributed by atoms with Gasteiger partial charge in [0, 0.05) is 24.5 Å². The molecule has 0 amide bonds. The standard InChI is InChI=1S/C14H15ClFN3O2/c15-12-6-10(16)2-1-9(12)5-13-18-14(21-19-13)7-11-8-17-3-4-20-11/h1-2,6,11,17H,3-5,7-8H2. The maximum absolute atomic E-state index is 13.0. The fourth-order valence-corrected chi connectivity index (χ4v) is 2.46. The molecule has 2 heterocycles. The van der Waals surface area contributed by atoms with Crippen LogP contribution in [0.25, 0.3) is 0 Å². The monoisotopic (exact) mass is 311 g/mol. The molecule has 0 aliphatic carbocycles. The topological polar surface area (TPSA) is 60.2 Å². The van der Waals surface area contributed by atoms with Crippen molar-refractivity contribution < 1.29 is 13.7 Å². The summed E-state index contributed by atoms with van der Waals surface area (Å²) < 4.78 is 23.8. The molecule has 1 atom stereocenters. The molecule has 1 unspecified atom stereocenters. The number of morpholine rings is 1. The highest BCUT2D eigenvalue weighted by Gasteiger charge is 2.18. The van der Waals surface area contributed by atoms with E-state index in [9.17, 15) is 4.39 Å². The highest BCUT2D eigenvalue weighted by Crippen LogP contribution is 2.19. The number of halogens is 2. The molecule has 7 heteroatoms. The lowest BCUT2D eigenvalue weighted by molar-refractivity contribution is 0.0246. The highest BCUT2D eigenvalue weighted by atomic mass is 35.5. The molecule has 1 aromatic heterocycles. The van der Waals surface area contributed by atoms with Gasteiger partial charge in [-0.1, -0.05) is 22.8 Å². The number of nitrogens with zero attached hydrogens (tertiary/aromatic N) is 2. The Morgan fingerprint density at radius 2 is 2.33 bits per heavy atom. The molecule has 1 aromatic carbocycles. The minimum Gasteiger partial charge on any atom is -0.375 e. The van der Waals surface area contributed by atoms with Crippen LogP contribution >= 0.6 is 11.6 Å². The summed E-state index contributed by atoms with van der Waals surface area (Å²) in [6.45, 7) is 2.34. The zero-order chi connectivity index (χ0) is 14.7. The molecule has 1 fully saturated rings. The van der Waals surface area contributed by atoms with Crippen molar-refractivity contribution in [3.63, 3.8) is 0 Å². The second-order valence-electron chi connectivity index (χ2n) is 4.92. The van der Waals surface area contributed by atoms with Gasteiger partial charge in [-0.2, -0.15) is 4.98 Å². The summed E-state index contributed by atoms with van der Waals surface area (Å²) in [5.41, 5.74) is 0.765. The smallest absolute Gasteiger partial charge is 0.229 e. The summed E-state index contributed by atoms with van der Waals surface area (Å²) in [5, 5.41) is 7.53. The third-order valence-corrected chi connectivity index (χ3v) is 3.63. The SMILES string of the molecule is Fc1ccc(Cc2noc(CC3CNCCO3)n2)c(Cl)c1. The van der Waals surface area contributed by atoms with E-state index in [2.05, 4.69) is 15.5 Å². The van der Waals surface area contributed by atoms with Crippen LogP contribution < -0.4 is 5.32 Å². The van der Waals surface area contributed by atoms with E-state index in [4.69, 9.17) is 20.9 Å². The molecule has 1 saturated heterocycles. The van der Waals surface area contributed by atoms with Crippen molar-refractivity contribution >= 4 is 11.6 Å². The van der Waals surface area contributed by atoms with E-state index in [0.717, 1.165) is 18.7 Å². The van der Waals surface area contributed by atoms with Crippen molar-refractivity contribution in [3.05, 3.63) is 46.3 Å². The second kappa shape index (κ2) is 6.51. The van der Waals surface area contributed by atoms with Crippen molar-refractivity contribution in [1.82, 2.24) is 15.5 Å². The lowest BCUT2D eigenvalue weighted by Gasteiger charge is -2.21. The summed E-state index contributed by atoms with van der Waals surface area (Å²) >= 11 is 5.99. The number of hydrogen-bond acceptors (Lipinski definition) is 5. The minimum absolute atomic E-state index is 0.0569. The number of nitrogens with one attached hydrogen (secondary N) is 1. The summed E-state index contributed by atoms with van der Waals surface area (Å²) in [6.07, 6.45) is 1.05. The molecular weight excluding hydrogens is 297 g/mol. The maximum atomic E-state index is 13.0. The third kappa shape index (κ3) is 3.78. The van der Waals surface area contributed by atoms with Gasteiger partial charge in [-0.15, -0.1) is 0 Å². The minimum atomic E-state index is -0.362. The first kappa shape index (κ1) is 14.4. The predicted octanol–water partition coefficient (Wildman–Crippen LogP) is 1.98. The maximum Gasteiger partial charge on any atom is 0.229 e. The van der Waals surface area contributed by atoms with Gasteiger partial charge < -0.3 is 14.6 Å².